The third-order valence-corrected chi connectivity index (χ3v) is 2.52. The molecule has 0 fully saturated rings. The van der Waals surface area contributed by atoms with Crippen molar-refractivity contribution in [1.82, 2.24) is 24.9 Å². The van der Waals surface area contributed by atoms with E-state index in [9.17, 15) is 0 Å². The van der Waals surface area contributed by atoms with E-state index in [0.29, 0.717) is 0 Å². The van der Waals surface area contributed by atoms with Crippen LogP contribution in [0.4, 0.5) is 0 Å². The van der Waals surface area contributed by atoms with E-state index in [2.05, 4.69) is 31.8 Å². The zero-order valence-electron chi connectivity index (χ0n) is 8.29. The van der Waals surface area contributed by atoms with Gasteiger partial charge in [0.25, 0.3) is 0 Å². The summed E-state index contributed by atoms with van der Waals surface area (Å²) in [6, 6.07) is 0.0370. The Hall–Kier alpha value is -1.40. The fourth-order valence-corrected chi connectivity index (χ4v) is 1.83. The van der Waals surface area contributed by atoms with Gasteiger partial charge in [-0.25, -0.2) is 9.97 Å². The van der Waals surface area contributed by atoms with E-state index < -0.39 is 0 Å². The molecule has 78 valence electrons. The smallest absolute Gasteiger partial charge is 0.115 e. The molecule has 1 N–H and O–H groups in total. The number of rotatable bonds is 4. The lowest BCUT2D eigenvalue weighted by Crippen LogP contribution is -2.22. The molecule has 1 atom stereocenters. The predicted molar refractivity (Wildman–Crippen MR) is 57.5 cm³/mol. The number of nitrogens with one attached hydrogen (secondary N) is 1. The lowest BCUT2D eigenvalue weighted by molar-refractivity contribution is 0.609. The van der Waals surface area contributed by atoms with Crippen LogP contribution in [0.3, 0.4) is 0 Å². The van der Waals surface area contributed by atoms with Gasteiger partial charge >= 0.3 is 0 Å². The topological polar surface area (TPSA) is 63.6 Å². The molecule has 0 aliphatic carbocycles. The minimum absolute atomic E-state index is 0.0370. The summed E-state index contributed by atoms with van der Waals surface area (Å²) in [7, 11) is 0. The Morgan fingerprint density at radius 1 is 1.40 bits per heavy atom. The first-order valence-electron chi connectivity index (χ1n) is 4.67. The second-order valence-corrected chi connectivity index (χ2v) is 3.60. The van der Waals surface area contributed by atoms with Gasteiger partial charge in [-0.05, 0) is 18.1 Å². The van der Waals surface area contributed by atoms with Gasteiger partial charge in [-0.15, -0.1) is 5.10 Å². The summed E-state index contributed by atoms with van der Waals surface area (Å²) >= 11 is 1.35. The first-order chi connectivity index (χ1) is 7.42. The van der Waals surface area contributed by atoms with E-state index in [0.717, 1.165) is 17.8 Å². The fourth-order valence-electron chi connectivity index (χ4n) is 1.35. The van der Waals surface area contributed by atoms with Gasteiger partial charge < -0.3 is 5.32 Å². The molecule has 0 aliphatic rings. The van der Waals surface area contributed by atoms with Crippen LogP contribution < -0.4 is 5.32 Å². The molecule has 1 unspecified atom stereocenters. The van der Waals surface area contributed by atoms with E-state index in [1.165, 1.54) is 17.9 Å². The highest BCUT2D eigenvalue weighted by Crippen LogP contribution is 2.18. The highest BCUT2D eigenvalue weighted by Gasteiger charge is 2.15. The standard InChI is InChI=1S/C9H11N5S/c1-2-12-9(8-5-15-14-13-8)7-3-10-6-11-4-7/h3-6,9,12H,2H2,1H3. The van der Waals surface area contributed by atoms with Crippen molar-refractivity contribution >= 4 is 11.5 Å². The molecule has 5 nitrogen and oxygen atoms in total. The third-order valence-electron chi connectivity index (χ3n) is 1.99. The Morgan fingerprint density at radius 2 is 2.20 bits per heavy atom. The van der Waals surface area contributed by atoms with E-state index in [4.69, 9.17) is 0 Å². The largest absolute Gasteiger partial charge is 0.305 e. The van der Waals surface area contributed by atoms with Gasteiger partial charge in [0.15, 0.2) is 0 Å². The maximum atomic E-state index is 4.06. The van der Waals surface area contributed by atoms with Crippen LogP contribution >= 0.6 is 11.5 Å². The lowest BCUT2D eigenvalue weighted by atomic mass is 10.1. The average molecular weight is 221 g/mol. The monoisotopic (exact) mass is 221 g/mol. The van der Waals surface area contributed by atoms with Gasteiger partial charge in [0.1, 0.15) is 6.33 Å². The molecule has 6 heteroatoms. The summed E-state index contributed by atoms with van der Waals surface area (Å²) in [6.07, 6.45) is 5.10. The minimum atomic E-state index is 0.0370. The molecular weight excluding hydrogens is 210 g/mol. The zero-order valence-corrected chi connectivity index (χ0v) is 9.11. The predicted octanol–water partition coefficient (Wildman–Crippen LogP) is 1.03. The van der Waals surface area contributed by atoms with Crippen LogP contribution in [0.15, 0.2) is 24.1 Å². The normalized spacial score (nSPS) is 12.6. The van der Waals surface area contributed by atoms with E-state index >= 15 is 0 Å². The first kappa shape index (κ1) is 10.1. The summed E-state index contributed by atoms with van der Waals surface area (Å²) < 4.78 is 3.86. The maximum Gasteiger partial charge on any atom is 0.115 e. The van der Waals surface area contributed by atoms with Crippen LogP contribution in [-0.2, 0) is 0 Å². The van der Waals surface area contributed by atoms with Crippen molar-refractivity contribution in [3.8, 4) is 0 Å². The molecular formula is C9H11N5S. The number of hydrogen-bond donors (Lipinski definition) is 1. The van der Waals surface area contributed by atoms with E-state index in [1.807, 2.05) is 5.38 Å². The van der Waals surface area contributed by atoms with Crippen LogP contribution in [0.25, 0.3) is 0 Å². The van der Waals surface area contributed by atoms with E-state index in [1.54, 1.807) is 12.4 Å². The second kappa shape index (κ2) is 4.90. The Kier molecular flexibility index (Phi) is 3.31. The van der Waals surface area contributed by atoms with Crippen molar-refractivity contribution in [2.24, 2.45) is 0 Å². The number of hydrogen-bond acceptors (Lipinski definition) is 6. The summed E-state index contributed by atoms with van der Waals surface area (Å²) in [4.78, 5) is 8.00. The quantitative estimate of drug-likeness (QED) is 0.835. The van der Waals surface area contributed by atoms with Crippen molar-refractivity contribution < 1.29 is 0 Å². The molecule has 0 aromatic carbocycles. The van der Waals surface area contributed by atoms with Gasteiger partial charge in [0.2, 0.25) is 0 Å². The van der Waals surface area contributed by atoms with Crippen LogP contribution in [0, 0.1) is 0 Å². The molecule has 0 amide bonds. The molecule has 15 heavy (non-hydrogen) atoms. The molecule has 2 aromatic heterocycles. The van der Waals surface area contributed by atoms with Crippen LogP contribution in [0.2, 0.25) is 0 Å². The Labute approximate surface area is 91.8 Å². The summed E-state index contributed by atoms with van der Waals surface area (Å²) in [5.74, 6) is 0. The summed E-state index contributed by atoms with van der Waals surface area (Å²) in [5.41, 5.74) is 1.92. The molecule has 0 radical (unpaired) electrons. The van der Waals surface area contributed by atoms with Crippen molar-refractivity contribution in [3.63, 3.8) is 0 Å². The highest BCUT2D eigenvalue weighted by atomic mass is 32.1. The van der Waals surface area contributed by atoms with Crippen molar-refractivity contribution in [1.29, 1.82) is 0 Å². The van der Waals surface area contributed by atoms with Gasteiger partial charge in [0, 0.05) is 23.3 Å². The van der Waals surface area contributed by atoms with Crippen LogP contribution in [0.1, 0.15) is 24.2 Å². The highest BCUT2D eigenvalue weighted by molar-refractivity contribution is 7.03. The molecule has 0 spiro atoms. The second-order valence-electron chi connectivity index (χ2n) is 2.99. The van der Waals surface area contributed by atoms with Gasteiger partial charge in [-0.3, -0.25) is 0 Å². The van der Waals surface area contributed by atoms with Gasteiger partial charge in [-0.1, -0.05) is 11.4 Å². The van der Waals surface area contributed by atoms with E-state index in [-0.39, 0.29) is 6.04 Å². The molecule has 0 aliphatic heterocycles. The first-order valence-corrected chi connectivity index (χ1v) is 5.50. The Bertz CT molecular complexity index is 388. The van der Waals surface area contributed by atoms with Crippen molar-refractivity contribution in [3.05, 3.63) is 35.4 Å². The Morgan fingerprint density at radius 3 is 2.80 bits per heavy atom. The van der Waals surface area contributed by atoms with Gasteiger partial charge in [-0.2, -0.15) is 0 Å². The average Bonchev–Trinajstić information content (AvgIpc) is 2.80. The fraction of sp³-hybridized carbons (Fsp3) is 0.333. The maximum absolute atomic E-state index is 4.06. The minimum Gasteiger partial charge on any atom is -0.305 e. The molecule has 2 rings (SSSR count). The molecule has 2 heterocycles. The summed E-state index contributed by atoms with van der Waals surface area (Å²) in [6.45, 7) is 2.91. The summed E-state index contributed by atoms with van der Waals surface area (Å²) in [5, 5.41) is 9.32. The Balaban J connectivity index is 2.28. The molecule has 0 saturated heterocycles. The van der Waals surface area contributed by atoms with Crippen LogP contribution in [0.5, 0.6) is 0 Å². The van der Waals surface area contributed by atoms with Crippen molar-refractivity contribution in [2.45, 2.75) is 13.0 Å². The SMILES string of the molecule is CCNC(c1cncnc1)c1csnn1. The van der Waals surface area contributed by atoms with Gasteiger partial charge in [0.05, 0.1) is 11.7 Å². The third kappa shape index (κ3) is 2.34. The van der Waals surface area contributed by atoms with Crippen molar-refractivity contribution in [2.75, 3.05) is 6.54 Å². The van der Waals surface area contributed by atoms with Crippen LogP contribution in [-0.4, -0.2) is 26.1 Å². The molecule has 0 saturated carbocycles. The molecule has 2 aromatic rings. The number of aromatic nitrogens is 4. The molecule has 0 bridgehead atoms. The number of nitrogens with zero attached hydrogens (tertiary/aromatic N) is 4. The zero-order chi connectivity index (χ0) is 10.5. The lowest BCUT2D eigenvalue weighted by Gasteiger charge is -2.14.